The van der Waals surface area contributed by atoms with E-state index in [4.69, 9.17) is 4.84 Å². The van der Waals surface area contributed by atoms with Crippen molar-refractivity contribution in [3.05, 3.63) is 95.6 Å². The van der Waals surface area contributed by atoms with E-state index in [9.17, 15) is 14.7 Å². The standard InChI is InChI=1S/C29H31N3O4/c1-20-8-6-7-11-26(20)21-12-14-23(15-13-21)29(35)32-19-24(31-36-2)16-25(32)17-28(34)30-18-27(33)22-9-4-3-5-10-22/h3-15,25,27,33H,16-19H2,1-2H3,(H,30,34)/b31-24+/t25-,27+/m0/s1. The van der Waals surface area contributed by atoms with Crippen LogP contribution in [-0.2, 0) is 9.63 Å². The number of benzene rings is 3. The largest absolute Gasteiger partial charge is 0.399 e. The Hall–Kier alpha value is -3.97. The summed E-state index contributed by atoms with van der Waals surface area (Å²) in [6, 6.07) is 24.5. The maximum atomic E-state index is 13.4. The normalized spacial score (nSPS) is 17.1. The van der Waals surface area contributed by atoms with Gasteiger partial charge in [-0.2, -0.15) is 0 Å². The zero-order valence-corrected chi connectivity index (χ0v) is 20.6. The molecule has 1 heterocycles. The number of likely N-dealkylation sites (tertiary alicyclic amines) is 1. The van der Waals surface area contributed by atoms with Crippen LogP contribution >= 0.6 is 0 Å². The van der Waals surface area contributed by atoms with E-state index < -0.39 is 6.10 Å². The van der Waals surface area contributed by atoms with E-state index in [1.807, 2.05) is 66.7 Å². The quantitative estimate of drug-likeness (QED) is 0.470. The molecule has 0 unspecified atom stereocenters. The smallest absolute Gasteiger partial charge is 0.254 e. The van der Waals surface area contributed by atoms with Crippen molar-refractivity contribution in [2.45, 2.75) is 31.9 Å². The molecule has 0 radical (unpaired) electrons. The van der Waals surface area contributed by atoms with E-state index in [2.05, 4.69) is 29.5 Å². The van der Waals surface area contributed by atoms with Crippen molar-refractivity contribution >= 4 is 17.5 Å². The molecule has 1 saturated heterocycles. The lowest BCUT2D eigenvalue weighted by molar-refractivity contribution is -0.122. The fraction of sp³-hybridized carbons (Fsp3) is 0.276. The summed E-state index contributed by atoms with van der Waals surface area (Å²) in [5.74, 6) is -0.392. The van der Waals surface area contributed by atoms with Gasteiger partial charge in [0.1, 0.15) is 7.11 Å². The fourth-order valence-electron chi connectivity index (χ4n) is 4.53. The molecule has 0 spiro atoms. The van der Waals surface area contributed by atoms with Crippen LogP contribution in [0.25, 0.3) is 11.1 Å². The maximum absolute atomic E-state index is 13.4. The lowest BCUT2D eigenvalue weighted by Gasteiger charge is -2.24. The number of hydrogen-bond donors (Lipinski definition) is 2. The summed E-state index contributed by atoms with van der Waals surface area (Å²) < 4.78 is 0. The molecule has 4 rings (SSSR count). The molecular formula is C29H31N3O4. The van der Waals surface area contributed by atoms with E-state index in [1.54, 1.807) is 4.90 Å². The van der Waals surface area contributed by atoms with Gasteiger partial charge < -0.3 is 20.2 Å². The van der Waals surface area contributed by atoms with Crippen LogP contribution in [0.2, 0.25) is 0 Å². The number of hydrogen-bond acceptors (Lipinski definition) is 5. The highest BCUT2D eigenvalue weighted by atomic mass is 16.6. The third-order valence-corrected chi connectivity index (χ3v) is 6.43. The Labute approximate surface area is 211 Å². The first-order valence-corrected chi connectivity index (χ1v) is 12.0. The average molecular weight is 486 g/mol. The van der Waals surface area contributed by atoms with Crippen LogP contribution in [0.3, 0.4) is 0 Å². The molecular weight excluding hydrogens is 454 g/mol. The second-order valence-electron chi connectivity index (χ2n) is 8.96. The summed E-state index contributed by atoms with van der Waals surface area (Å²) in [7, 11) is 1.47. The number of aliphatic hydroxyl groups excluding tert-OH is 1. The van der Waals surface area contributed by atoms with Gasteiger partial charge in [-0.15, -0.1) is 0 Å². The molecule has 0 saturated carbocycles. The number of amides is 2. The van der Waals surface area contributed by atoms with Crippen molar-refractivity contribution in [1.29, 1.82) is 0 Å². The van der Waals surface area contributed by atoms with Crippen molar-refractivity contribution < 1.29 is 19.5 Å². The summed E-state index contributed by atoms with van der Waals surface area (Å²) in [5, 5.41) is 17.2. The first-order chi connectivity index (χ1) is 17.5. The van der Waals surface area contributed by atoms with E-state index in [-0.39, 0.29) is 30.8 Å². The molecule has 7 nitrogen and oxygen atoms in total. The number of oxime groups is 1. The zero-order chi connectivity index (χ0) is 25.5. The van der Waals surface area contributed by atoms with Gasteiger partial charge in [0.25, 0.3) is 5.91 Å². The predicted molar refractivity (Wildman–Crippen MR) is 140 cm³/mol. The van der Waals surface area contributed by atoms with E-state index >= 15 is 0 Å². The van der Waals surface area contributed by atoms with Crippen molar-refractivity contribution in [3.8, 4) is 11.1 Å². The van der Waals surface area contributed by atoms with Gasteiger partial charge in [-0.25, -0.2) is 0 Å². The molecule has 3 aromatic rings. The number of nitrogens with zero attached hydrogens (tertiary/aromatic N) is 2. The molecule has 7 heteroatoms. The van der Waals surface area contributed by atoms with Crippen molar-refractivity contribution in [3.63, 3.8) is 0 Å². The summed E-state index contributed by atoms with van der Waals surface area (Å²) in [4.78, 5) is 32.7. The topological polar surface area (TPSA) is 91.2 Å². The highest BCUT2D eigenvalue weighted by Gasteiger charge is 2.35. The Morgan fingerprint density at radius 1 is 1.06 bits per heavy atom. The van der Waals surface area contributed by atoms with Crippen LogP contribution in [0.5, 0.6) is 0 Å². The van der Waals surface area contributed by atoms with Gasteiger partial charge in [0.2, 0.25) is 5.91 Å². The number of aliphatic hydroxyl groups is 1. The Balaban J connectivity index is 1.43. The Bertz CT molecular complexity index is 1220. The first-order valence-electron chi connectivity index (χ1n) is 12.0. The zero-order valence-electron chi connectivity index (χ0n) is 20.6. The number of aryl methyl sites for hydroxylation is 1. The summed E-state index contributed by atoms with van der Waals surface area (Å²) in [6.07, 6.45) is -0.235. The summed E-state index contributed by atoms with van der Waals surface area (Å²) in [5.41, 5.74) is 5.33. The highest BCUT2D eigenvalue weighted by Crippen LogP contribution is 2.26. The molecule has 0 aliphatic carbocycles. The lowest BCUT2D eigenvalue weighted by atomic mass is 9.99. The van der Waals surface area contributed by atoms with Crippen LogP contribution in [0.4, 0.5) is 0 Å². The molecule has 1 aliphatic rings. The van der Waals surface area contributed by atoms with Crippen LogP contribution in [0.15, 0.2) is 84.0 Å². The van der Waals surface area contributed by atoms with Crippen LogP contribution in [0, 0.1) is 6.92 Å². The van der Waals surface area contributed by atoms with Crippen LogP contribution in [-0.4, -0.2) is 53.8 Å². The molecule has 1 aliphatic heterocycles. The third kappa shape index (κ3) is 5.98. The van der Waals surface area contributed by atoms with Gasteiger partial charge in [-0.1, -0.05) is 71.9 Å². The van der Waals surface area contributed by atoms with Gasteiger partial charge in [-0.3, -0.25) is 9.59 Å². The molecule has 2 amide bonds. The molecule has 0 bridgehead atoms. The molecule has 1 fully saturated rings. The number of carbonyl (C=O) groups is 2. The minimum absolute atomic E-state index is 0.100. The SMILES string of the molecule is CO/N=C1\C[C@@H](CC(=O)NC[C@@H](O)c2ccccc2)N(C(=O)c2ccc(-c3ccccc3C)cc2)C1. The van der Waals surface area contributed by atoms with E-state index in [1.165, 1.54) is 12.7 Å². The first kappa shape index (κ1) is 25.1. The Morgan fingerprint density at radius 3 is 2.44 bits per heavy atom. The van der Waals surface area contributed by atoms with Gasteiger partial charge in [0.05, 0.1) is 18.4 Å². The summed E-state index contributed by atoms with van der Waals surface area (Å²) in [6.45, 7) is 2.46. The minimum Gasteiger partial charge on any atom is -0.399 e. The number of rotatable bonds is 8. The molecule has 36 heavy (non-hydrogen) atoms. The van der Waals surface area contributed by atoms with Crippen LogP contribution in [0.1, 0.15) is 40.4 Å². The molecule has 0 aromatic heterocycles. The number of carbonyl (C=O) groups excluding carboxylic acids is 2. The van der Waals surface area contributed by atoms with Gasteiger partial charge in [0, 0.05) is 31.0 Å². The van der Waals surface area contributed by atoms with E-state index in [0.29, 0.717) is 24.2 Å². The monoisotopic (exact) mass is 485 g/mol. The molecule has 3 aromatic carbocycles. The second-order valence-corrected chi connectivity index (χ2v) is 8.96. The summed E-state index contributed by atoms with van der Waals surface area (Å²) >= 11 is 0. The fourth-order valence-corrected chi connectivity index (χ4v) is 4.53. The van der Waals surface area contributed by atoms with Crippen LogP contribution < -0.4 is 5.32 Å². The Kier molecular flexibility index (Phi) is 8.13. The maximum Gasteiger partial charge on any atom is 0.254 e. The van der Waals surface area contributed by atoms with Crippen molar-refractivity contribution in [2.75, 3.05) is 20.2 Å². The molecule has 186 valence electrons. The Morgan fingerprint density at radius 2 is 1.75 bits per heavy atom. The molecule has 2 atom stereocenters. The van der Waals surface area contributed by atoms with Gasteiger partial charge >= 0.3 is 0 Å². The van der Waals surface area contributed by atoms with E-state index in [0.717, 1.165) is 16.7 Å². The van der Waals surface area contributed by atoms with Crippen molar-refractivity contribution in [1.82, 2.24) is 10.2 Å². The van der Waals surface area contributed by atoms with Gasteiger partial charge in [0.15, 0.2) is 0 Å². The highest BCUT2D eigenvalue weighted by molar-refractivity contribution is 6.01. The second kappa shape index (κ2) is 11.6. The predicted octanol–water partition coefficient (Wildman–Crippen LogP) is 4.12. The minimum atomic E-state index is -0.797. The lowest BCUT2D eigenvalue weighted by Crippen LogP contribution is -2.40. The van der Waals surface area contributed by atoms with Gasteiger partial charge in [-0.05, 0) is 41.3 Å². The number of nitrogens with one attached hydrogen (secondary N) is 1. The average Bonchev–Trinajstić information content (AvgIpc) is 3.30. The molecule has 2 N–H and O–H groups in total. The van der Waals surface area contributed by atoms with Crippen molar-refractivity contribution in [2.24, 2.45) is 5.16 Å². The third-order valence-electron chi connectivity index (χ3n) is 6.43.